The molecule has 2 aromatic rings. The standard InChI is InChI=1S/C20H19NO3/c1-12(2)7-10-18(22)21-13-8-9-16-17(11-13)20(24)15-6-4-3-5-14(15)19(16)23/h3-6,8-9,11-12H,7,10H2,1-2H3,(H,21,22). The highest BCUT2D eigenvalue weighted by Crippen LogP contribution is 2.29. The molecule has 4 nitrogen and oxygen atoms in total. The summed E-state index contributed by atoms with van der Waals surface area (Å²) >= 11 is 0. The molecule has 4 heteroatoms. The SMILES string of the molecule is CC(C)CCC(=O)Nc1ccc2c(c1)C(=O)c1ccccc1C2=O. The number of rotatable bonds is 4. The van der Waals surface area contributed by atoms with Crippen molar-refractivity contribution in [2.24, 2.45) is 5.92 Å². The smallest absolute Gasteiger partial charge is 0.224 e. The molecule has 0 fully saturated rings. The van der Waals surface area contributed by atoms with E-state index in [0.29, 0.717) is 40.3 Å². The van der Waals surface area contributed by atoms with Gasteiger partial charge in [0.1, 0.15) is 0 Å². The van der Waals surface area contributed by atoms with Gasteiger partial charge in [-0.05, 0) is 30.5 Å². The molecule has 3 rings (SSSR count). The average molecular weight is 321 g/mol. The van der Waals surface area contributed by atoms with Crippen molar-refractivity contribution in [2.45, 2.75) is 26.7 Å². The molecule has 0 heterocycles. The molecule has 2 aromatic carbocycles. The molecule has 0 atom stereocenters. The van der Waals surface area contributed by atoms with Crippen LogP contribution in [0.3, 0.4) is 0 Å². The number of ketones is 2. The summed E-state index contributed by atoms with van der Waals surface area (Å²) in [5.41, 5.74) is 2.13. The first-order chi connectivity index (χ1) is 11.5. The van der Waals surface area contributed by atoms with Gasteiger partial charge in [-0.3, -0.25) is 14.4 Å². The van der Waals surface area contributed by atoms with Crippen LogP contribution >= 0.6 is 0 Å². The molecule has 0 saturated heterocycles. The molecule has 0 spiro atoms. The summed E-state index contributed by atoms with van der Waals surface area (Å²) in [6.07, 6.45) is 1.24. The summed E-state index contributed by atoms with van der Waals surface area (Å²) in [7, 11) is 0. The first-order valence-electron chi connectivity index (χ1n) is 8.09. The fourth-order valence-electron chi connectivity index (χ4n) is 2.82. The Bertz CT molecular complexity index is 837. The van der Waals surface area contributed by atoms with Crippen molar-refractivity contribution in [2.75, 3.05) is 5.32 Å². The highest BCUT2D eigenvalue weighted by atomic mass is 16.2. The van der Waals surface area contributed by atoms with Gasteiger partial charge in [-0.25, -0.2) is 0 Å². The van der Waals surface area contributed by atoms with Gasteiger partial charge in [-0.15, -0.1) is 0 Å². The van der Waals surface area contributed by atoms with E-state index in [1.54, 1.807) is 42.5 Å². The maximum absolute atomic E-state index is 12.6. The minimum Gasteiger partial charge on any atom is -0.326 e. The summed E-state index contributed by atoms with van der Waals surface area (Å²) in [6, 6.07) is 11.7. The monoisotopic (exact) mass is 321 g/mol. The second kappa shape index (κ2) is 6.40. The van der Waals surface area contributed by atoms with E-state index >= 15 is 0 Å². The van der Waals surface area contributed by atoms with Crippen molar-refractivity contribution >= 4 is 23.2 Å². The molecule has 1 amide bonds. The van der Waals surface area contributed by atoms with Crippen molar-refractivity contribution < 1.29 is 14.4 Å². The summed E-state index contributed by atoms with van der Waals surface area (Å²) in [4.78, 5) is 37.1. The third-order valence-corrected chi connectivity index (χ3v) is 4.16. The van der Waals surface area contributed by atoms with E-state index in [1.807, 2.05) is 0 Å². The molecule has 0 unspecified atom stereocenters. The van der Waals surface area contributed by atoms with Crippen molar-refractivity contribution in [1.29, 1.82) is 0 Å². The Hall–Kier alpha value is -2.75. The van der Waals surface area contributed by atoms with Gasteiger partial charge >= 0.3 is 0 Å². The molecule has 1 N–H and O–H groups in total. The van der Waals surface area contributed by atoms with Gasteiger partial charge in [-0.2, -0.15) is 0 Å². The lowest BCUT2D eigenvalue weighted by molar-refractivity contribution is -0.116. The van der Waals surface area contributed by atoms with Crippen molar-refractivity contribution in [3.8, 4) is 0 Å². The predicted octanol–water partition coefficient (Wildman–Crippen LogP) is 3.84. The van der Waals surface area contributed by atoms with Gasteiger partial charge in [0.25, 0.3) is 0 Å². The van der Waals surface area contributed by atoms with E-state index in [1.165, 1.54) is 0 Å². The van der Waals surface area contributed by atoms with Crippen LogP contribution in [-0.2, 0) is 4.79 Å². The van der Waals surface area contributed by atoms with Gasteiger partial charge in [0.2, 0.25) is 5.91 Å². The number of benzene rings is 2. The first kappa shape index (κ1) is 16.1. The van der Waals surface area contributed by atoms with Gasteiger partial charge in [0.05, 0.1) is 0 Å². The first-order valence-corrected chi connectivity index (χ1v) is 8.09. The van der Waals surface area contributed by atoms with Gasteiger partial charge in [0.15, 0.2) is 11.6 Å². The lowest BCUT2D eigenvalue weighted by atomic mass is 9.84. The lowest BCUT2D eigenvalue weighted by Crippen LogP contribution is -2.21. The number of carbonyl (C=O) groups is 3. The minimum absolute atomic E-state index is 0.0846. The molecule has 122 valence electrons. The Labute approximate surface area is 140 Å². The summed E-state index contributed by atoms with van der Waals surface area (Å²) in [5.74, 6) is 0.0324. The molecular formula is C20H19NO3. The molecule has 0 saturated carbocycles. The Kier molecular flexibility index (Phi) is 4.30. The maximum Gasteiger partial charge on any atom is 0.224 e. The molecular weight excluding hydrogens is 302 g/mol. The van der Waals surface area contributed by atoms with E-state index in [0.717, 1.165) is 6.42 Å². The second-order valence-corrected chi connectivity index (χ2v) is 6.44. The fourth-order valence-corrected chi connectivity index (χ4v) is 2.82. The van der Waals surface area contributed by atoms with Crippen LogP contribution in [0.1, 0.15) is 58.5 Å². The minimum atomic E-state index is -0.182. The number of fused-ring (bicyclic) bond motifs is 2. The van der Waals surface area contributed by atoms with Crippen molar-refractivity contribution in [3.63, 3.8) is 0 Å². The van der Waals surface area contributed by atoms with Crippen LogP contribution in [0, 0.1) is 5.92 Å². The van der Waals surface area contributed by atoms with Gasteiger partial charge < -0.3 is 5.32 Å². The van der Waals surface area contributed by atoms with Crippen LogP contribution < -0.4 is 5.32 Å². The Balaban J connectivity index is 1.87. The zero-order chi connectivity index (χ0) is 17.3. The Morgan fingerprint density at radius 2 is 1.50 bits per heavy atom. The third kappa shape index (κ3) is 3.00. The quantitative estimate of drug-likeness (QED) is 0.794. The zero-order valence-electron chi connectivity index (χ0n) is 13.8. The summed E-state index contributed by atoms with van der Waals surface area (Å²) in [6.45, 7) is 4.13. The lowest BCUT2D eigenvalue weighted by Gasteiger charge is -2.18. The molecule has 1 aliphatic carbocycles. The number of amides is 1. The average Bonchev–Trinajstić information content (AvgIpc) is 2.58. The Morgan fingerprint density at radius 1 is 0.917 bits per heavy atom. The van der Waals surface area contributed by atoms with E-state index in [-0.39, 0.29) is 17.5 Å². The molecule has 0 radical (unpaired) electrons. The fraction of sp³-hybridized carbons (Fsp3) is 0.250. The number of nitrogens with one attached hydrogen (secondary N) is 1. The predicted molar refractivity (Wildman–Crippen MR) is 92.5 cm³/mol. The molecule has 0 aliphatic heterocycles. The molecule has 1 aliphatic rings. The second-order valence-electron chi connectivity index (χ2n) is 6.44. The number of hydrogen-bond donors (Lipinski definition) is 1. The van der Waals surface area contributed by atoms with E-state index in [2.05, 4.69) is 19.2 Å². The Morgan fingerprint density at radius 3 is 2.12 bits per heavy atom. The largest absolute Gasteiger partial charge is 0.326 e. The van der Waals surface area contributed by atoms with E-state index in [4.69, 9.17) is 0 Å². The van der Waals surface area contributed by atoms with Crippen LogP contribution in [0.2, 0.25) is 0 Å². The number of anilines is 1. The normalized spacial score (nSPS) is 12.8. The van der Waals surface area contributed by atoms with Crippen LogP contribution in [0.4, 0.5) is 5.69 Å². The summed E-state index contributed by atoms with van der Waals surface area (Å²) < 4.78 is 0. The molecule has 0 bridgehead atoms. The summed E-state index contributed by atoms with van der Waals surface area (Å²) in [5, 5.41) is 2.80. The van der Waals surface area contributed by atoms with Gasteiger partial charge in [-0.1, -0.05) is 38.1 Å². The van der Waals surface area contributed by atoms with E-state index < -0.39 is 0 Å². The number of hydrogen-bond acceptors (Lipinski definition) is 3. The van der Waals surface area contributed by atoms with Crippen LogP contribution in [0.5, 0.6) is 0 Å². The highest BCUT2D eigenvalue weighted by molar-refractivity contribution is 6.28. The maximum atomic E-state index is 12.6. The van der Waals surface area contributed by atoms with Crippen molar-refractivity contribution in [3.05, 3.63) is 64.7 Å². The third-order valence-electron chi connectivity index (χ3n) is 4.16. The zero-order valence-corrected chi connectivity index (χ0v) is 13.8. The van der Waals surface area contributed by atoms with Crippen LogP contribution in [0.15, 0.2) is 42.5 Å². The topological polar surface area (TPSA) is 63.2 Å². The van der Waals surface area contributed by atoms with Crippen LogP contribution in [-0.4, -0.2) is 17.5 Å². The van der Waals surface area contributed by atoms with Gasteiger partial charge in [0, 0.05) is 34.4 Å². The number of carbonyl (C=O) groups excluding carboxylic acids is 3. The highest BCUT2D eigenvalue weighted by Gasteiger charge is 2.29. The van der Waals surface area contributed by atoms with Crippen LogP contribution in [0.25, 0.3) is 0 Å². The molecule has 0 aromatic heterocycles. The molecule has 24 heavy (non-hydrogen) atoms. The van der Waals surface area contributed by atoms with E-state index in [9.17, 15) is 14.4 Å². The van der Waals surface area contributed by atoms with Crippen molar-refractivity contribution in [1.82, 2.24) is 0 Å².